The van der Waals surface area contributed by atoms with Crippen LogP contribution in [-0.4, -0.2) is 7.98 Å². The van der Waals surface area contributed by atoms with Gasteiger partial charge in [0.1, 0.15) is 0 Å². The van der Waals surface area contributed by atoms with Gasteiger partial charge in [0.15, 0.2) is 0 Å². The van der Waals surface area contributed by atoms with E-state index in [9.17, 15) is 0 Å². The first kappa shape index (κ1) is 14.8. The lowest BCUT2D eigenvalue weighted by molar-refractivity contribution is 0.854. The molecule has 3 aromatic carbocycles. The van der Waals surface area contributed by atoms with Crippen LogP contribution in [0.2, 0.25) is 0 Å². The van der Waals surface area contributed by atoms with Gasteiger partial charge in [0, 0.05) is 17.3 Å². The number of hydrogen-bond donors (Lipinski definition) is 0. The van der Waals surface area contributed by atoms with E-state index in [2.05, 4.69) is 85.0 Å². The number of fused-ring (bicyclic) bond motifs is 1. The summed E-state index contributed by atoms with van der Waals surface area (Å²) in [6, 6.07) is 23.1. The molecule has 0 bridgehead atoms. The minimum Gasteiger partial charge on any atom is -0.398 e. The molecule has 0 aliphatic heterocycles. The lowest BCUT2D eigenvalue weighted by Gasteiger charge is -2.22. The van der Waals surface area contributed by atoms with Crippen LogP contribution in [0.25, 0.3) is 10.8 Å². The normalized spacial score (nSPS) is 16.4. The number of allylic oxidation sites excluding steroid dienone is 4. The summed E-state index contributed by atoms with van der Waals surface area (Å²) in [5.41, 5.74) is 3.30. The molecule has 0 aromatic heterocycles. The van der Waals surface area contributed by atoms with Crippen LogP contribution < -0.4 is 4.81 Å². The molecule has 0 fully saturated rings. The minimum absolute atomic E-state index is 0.468. The van der Waals surface area contributed by atoms with Crippen molar-refractivity contribution in [2.45, 2.75) is 12.3 Å². The lowest BCUT2D eigenvalue weighted by atomic mass is 9.92. The SMILES string of the molecule is [B]N(c1ccc(C2C=CC=CC2)cc1)c1ccc2ccccc2c1. The average Bonchev–Trinajstić information content (AvgIpc) is 2.68. The van der Waals surface area contributed by atoms with Gasteiger partial charge in [0.05, 0.1) is 0 Å². The maximum atomic E-state index is 6.34. The molecule has 0 heterocycles. The van der Waals surface area contributed by atoms with Gasteiger partial charge in [-0.2, -0.15) is 0 Å². The largest absolute Gasteiger partial charge is 0.398 e. The van der Waals surface area contributed by atoms with E-state index in [-0.39, 0.29) is 0 Å². The van der Waals surface area contributed by atoms with E-state index in [0.717, 1.165) is 17.8 Å². The molecule has 24 heavy (non-hydrogen) atoms. The molecule has 0 spiro atoms. The number of benzene rings is 3. The summed E-state index contributed by atoms with van der Waals surface area (Å²) in [6.45, 7) is 0. The fourth-order valence-electron chi connectivity index (χ4n) is 3.19. The topological polar surface area (TPSA) is 3.24 Å². The van der Waals surface area contributed by atoms with Crippen LogP contribution in [0, 0.1) is 0 Å². The summed E-state index contributed by atoms with van der Waals surface area (Å²) < 4.78 is 0. The van der Waals surface area contributed by atoms with Gasteiger partial charge in [-0.1, -0.05) is 66.8 Å². The van der Waals surface area contributed by atoms with Crippen LogP contribution >= 0.6 is 0 Å². The van der Waals surface area contributed by atoms with Crippen molar-refractivity contribution in [3.63, 3.8) is 0 Å². The van der Waals surface area contributed by atoms with Gasteiger partial charge in [-0.25, -0.2) is 0 Å². The van der Waals surface area contributed by atoms with E-state index >= 15 is 0 Å². The summed E-state index contributed by atoms with van der Waals surface area (Å²) in [5, 5.41) is 2.42. The van der Waals surface area contributed by atoms with E-state index in [1.54, 1.807) is 4.81 Å². The number of anilines is 2. The van der Waals surface area contributed by atoms with Crippen LogP contribution in [0.3, 0.4) is 0 Å². The zero-order valence-electron chi connectivity index (χ0n) is 13.5. The molecule has 0 saturated carbocycles. The van der Waals surface area contributed by atoms with Crippen molar-refractivity contribution in [1.82, 2.24) is 0 Å². The third kappa shape index (κ3) is 2.88. The molecule has 0 N–H and O–H groups in total. The Labute approximate surface area is 144 Å². The molecule has 1 unspecified atom stereocenters. The molecule has 1 aliphatic rings. The predicted molar refractivity (Wildman–Crippen MR) is 104 cm³/mol. The summed E-state index contributed by atoms with van der Waals surface area (Å²) in [4.78, 5) is 1.74. The zero-order chi connectivity index (χ0) is 16.4. The summed E-state index contributed by atoms with van der Waals surface area (Å²) in [6.07, 6.45) is 9.74. The van der Waals surface area contributed by atoms with E-state index < -0.39 is 0 Å². The summed E-state index contributed by atoms with van der Waals surface area (Å²) >= 11 is 0. The summed E-state index contributed by atoms with van der Waals surface area (Å²) in [5.74, 6) is 0.468. The van der Waals surface area contributed by atoms with E-state index in [1.807, 2.05) is 6.07 Å². The Kier molecular flexibility index (Phi) is 3.96. The molecule has 1 nitrogen and oxygen atoms in total. The smallest absolute Gasteiger partial charge is 0.234 e. The van der Waals surface area contributed by atoms with Crippen LogP contribution in [0.15, 0.2) is 91.0 Å². The van der Waals surface area contributed by atoms with E-state index in [1.165, 1.54) is 16.3 Å². The van der Waals surface area contributed by atoms with Crippen molar-refractivity contribution in [1.29, 1.82) is 0 Å². The first-order chi connectivity index (χ1) is 11.8. The monoisotopic (exact) mass is 307 g/mol. The van der Waals surface area contributed by atoms with Crippen molar-refractivity contribution >= 4 is 30.1 Å². The van der Waals surface area contributed by atoms with Gasteiger partial charge < -0.3 is 4.81 Å². The Balaban J connectivity index is 1.59. The summed E-state index contributed by atoms with van der Waals surface area (Å²) in [7, 11) is 6.34. The van der Waals surface area contributed by atoms with Crippen molar-refractivity contribution in [3.05, 3.63) is 96.6 Å². The molecule has 4 rings (SSSR count). The predicted octanol–water partition coefficient (Wildman–Crippen LogP) is 5.66. The van der Waals surface area contributed by atoms with Gasteiger partial charge in [0.2, 0.25) is 7.98 Å². The lowest BCUT2D eigenvalue weighted by Crippen LogP contribution is -2.11. The van der Waals surface area contributed by atoms with Crippen molar-refractivity contribution in [3.8, 4) is 0 Å². The Bertz CT molecular complexity index is 909. The molecule has 1 aliphatic carbocycles. The van der Waals surface area contributed by atoms with Gasteiger partial charge >= 0.3 is 0 Å². The van der Waals surface area contributed by atoms with Gasteiger partial charge in [-0.3, -0.25) is 0 Å². The van der Waals surface area contributed by atoms with E-state index in [0.29, 0.717) is 5.92 Å². The molecule has 0 saturated heterocycles. The van der Waals surface area contributed by atoms with Crippen LogP contribution in [0.1, 0.15) is 17.9 Å². The van der Waals surface area contributed by atoms with E-state index in [4.69, 9.17) is 7.98 Å². The first-order valence-electron chi connectivity index (χ1n) is 8.28. The van der Waals surface area contributed by atoms with Gasteiger partial charge in [-0.15, -0.1) is 0 Å². The minimum atomic E-state index is 0.468. The zero-order valence-corrected chi connectivity index (χ0v) is 13.5. The maximum absolute atomic E-state index is 6.34. The number of rotatable bonds is 3. The highest BCUT2D eigenvalue weighted by Crippen LogP contribution is 2.30. The second kappa shape index (κ2) is 6.41. The van der Waals surface area contributed by atoms with Crippen LogP contribution in [0.4, 0.5) is 11.4 Å². The third-order valence-electron chi connectivity index (χ3n) is 4.59. The molecule has 2 heteroatoms. The molecular weight excluding hydrogens is 289 g/mol. The molecule has 2 radical (unpaired) electrons. The fraction of sp³-hybridized carbons (Fsp3) is 0.0909. The molecule has 114 valence electrons. The highest BCUT2D eigenvalue weighted by molar-refractivity contribution is 6.22. The third-order valence-corrected chi connectivity index (χ3v) is 4.59. The Hall–Kier alpha value is -2.74. The molecule has 1 atom stereocenters. The standard InChI is InChI=1S/C22H18BN/c23-24(22-15-12-18-8-4-5-9-20(18)16-22)21-13-10-19(11-14-21)17-6-2-1-3-7-17/h1-6,8-17H,7H2. The highest BCUT2D eigenvalue weighted by atomic mass is 15.0. The average molecular weight is 307 g/mol. The first-order valence-corrected chi connectivity index (χ1v) is 8.28. The number of nitrogens with zero attached hydrogens (tertiary/aromatic N) is 1. The van der Waals surface area contributed by atoms with Gasteiger partial charge in [-0.05, 0) is 47.0 Å². The van der Waals surface area contributed by atoms with Crippen LogP contribution in [-0.2, 0) is 0 Å². The maximum Gasteiger partial charge on any atom is 0.234 e. The number of hydrogen-bond acceptors (Lipinski definition) is 1. The van der Waals surface area contributed by atoms with Gasteiger partial charge in [0.25, 0.3) is 0 Å². The highest BCUT2D eigenvalue weighted by Gasteiger charge is 2.10. The molecule has 0 amide bonds. The Morgan fingerprint density at radius 3 is 2.29 bits per heavy atom. The Morgan fingerprint density at radius 2 is 1.54 bits per heavy atom. The van der Waals surface area contributed by atoms with Crippen LogP contribution in [0.5, 0.6) is 0 Å². The van der Waals surface area contributed by atoms with Crippen molar-refractivity contribution < 1.29 is 0 Å². The van der Waals surface area contributed by atoms with Crippen molar-refractivity contribution in [2.75, 3.05) is 4.81 Å². The quantitative estimate of drug-likeness (QED) is 0.564. The molecule has 3 aromatic rings. The fourth-order valence-corrected chi connectivity index (χ4v) is 3.19. The molecular formula is C22H18BN. The van der Waals surface area contributed by atoms with Crippen molar-refractivity contribution in [2.24, 2.45) is 0 Å². The second-order valence-corrected chi connectivity index (χ2v) is 6.15. The Morgan fingerprint density at radius 1 is 0.792 bits per heavy atom. The second-order valence-electron chi connectivity index (χ2n) is 6.15.